The molecule has 0 saturated carbocycles. The van der Waals surface area contributed by atoms with Crippen LogP contribution in [0.5, 0.6) is 0 Å². The molecule has 0 spiro atoms. The Morgan fingerprint density at radius 3 is 3.08 bits per heavy atom. The number of rotatable bonds is 1. The molecule has 2 fully saturated rings. The average molecular weight is 183 g/mol. The standard InChI is InChI=1S/C9H17N3O/c1-2-7-3-10-4-8-5-11-9(13)6-12(7)8/h7-8,10H,2-6H2,1H3,(H,11,13). The Bertz CT molecular complexity index is 201. The summed E-state index contributed by atoms with van der Waals surface area (Å²) < 4.78 is 0. The molecule has 2 rings (SSSR count). The normalized spacial score (nSPS) is 35.3. The summed E-state index contributed by atoms with van der Waals surface area (Å²) in [6, 6.07) is 1.06. The number of carbonyl (C=O) groups excluding carboxylic acids is 1. The van der Waals surface area contributed by atoms with Crippen molar-refractivity contribution in [3.8, 4) is 0 Å². The maximum atomic E-state index is 11.2. The topological polar surface area (TPSA) is 44.4 Å². The molecule has 2 saturated heterocycles. The Labute approximate surface area is 78.7 Å². The van der Waals surface area contributed by atoms with E-state index in [1.165, 1.54) is 0 Å². The average Bonchev–Trinajstić information content (AvgIpc) is 2.17. The molecule has 2 aliphatic rings. The van der Waals surface area contributed by atoms with Crippen molar-refractivity contribution in [1.82, 2.24) is 15.5 Å². The second kappa shape index (κ2) is 3.64. The molecule has 2 atom stereocenters. The van der Waals surface area contributed by atoms with Gasteiger partial charge in [0.15, 0.2) is 0 Å². The highest BCUT2D eigenvalue weighted by molar-refractivity contribution is 5.79. The van der Waals surface area contributed by atoms with E-state index in [1.54, 1.807) is 0 Å². The number of nitrogens with zero attached hydrogens (tertiary/aromatic N) is 1. The quantitative estimate of drug-likeness (QED) is 0.557. The molecule has 4 heteroatoms. The zero-order valence-electron chi connectivity index (χ0n) is 8.05. The number of amides is 1. The van der Waals surface area contributed by atoms with Gasteiger partial charge in [-0.15, -0.1) is 0 Å². The van der Waals surface area contributed by atoms with Gasteiger partial charge >= 0.3 is 0 Å². The summed E-state index contributed by atoms with van der Waals surface area (Å²) in [6.07, 6.45) is 1.12. The molecule has 1 amide bonds. The third-order valence-corrected chi connectivity index (χ3v) is 3.03. The molecule has 4 nitrogen and oxygen atoms in total. The van der Waals surface area contributed by atoms with Crippen LogP contribution in [-0.2, 0) is 4.79 Å². The molecular formula is C9H17N3O. The van der Waals surface area contributed by atoms with Crippen LogP contribution in [0.1, 0.15) is 13.3 Å². The van der Waals surface area contributed by atoms with Gasteiger partial charge in [-0.25, -0.2) is 0 Å². The first-order valence-corrected chi connectivity index (χ1v) is 5.04. The lowest BCUT2D eigenvalue weighted by molar-refractivity contribution is -0.127. The van der Waals surface area contributed by atoms with Gasteiger partial charge in [0, 0.05) is 31.7 Å². The van der Waals surface area contributed by atoms with Crippen molar-refractivity contribution < 1.29 is 4.79 Å². The minimum Gasteiger partial charge on any atom is -0.353 e. The van der Waals surface area contributed by atoms with Crippen LogP contribution in [0, 0.1) is 0 Å². The molecule has 2 unspecified atom stereocenters. The maximum Gasteiger partial charge on any atom is 0.234 e. The summed E-state index contributed by atoms with van der Waals surface area (Å²) >= 11 is 0. The van der Waals surface area contributed by atoms with Gasteiger partial charge in [0.2, 0.25) is 5.91 Å². The van der Waals surface area contributed by atoms with E-state index >= 15 is 0 Å². The largest absolute Gasteiger partial charge is 0.353 e. The zero-order valence-corrected chi connectivity index (χ0v) is 8.05. The molecule has 0 bridgehead atoms. The van der Waals surface area contributed by atoms with E-state index < -0.39 is 0 Å². The van der Waals surface area contributed by atoms with Crippen LogP contribution in [0.15, 0.2) is 0 Å². The molecule has 2 N–H and O–H groups in total. The van der Waals surface area contributed by atoms with Crippen LogP contribution in [0.3, 0.4) is 0 Å². The Balaban J connectivity index is 2.05. The van der Waals surface area contributed by atoms with Crippen LogP contribution in [0.2, 0.25) is 0 Å². The minimum absolute atomic E-state index is 0.177. The number of hydrogen-bond acceptors (Lipinski definition) is 3. The molecule has 2 aliphatic heterocycles. The number of nitrogens with one attached hydrogen (secondary N) is 2. The van der Waals surface area contributed by atoms with Gasteiger partial charge in [0.05, 0.1) is 6.54 Å². The minimum atomic E-state index is 0.177. The first-order chi connectivity index (χ1) is 6.31. The van der Waals surface area contributed by atoms with Crippen LogP contribution >= 0.6 is 0 Å². The maximum absolute atomic E-state index is 11.2. The van der Waals surface area contributed by atoms with Crippen molar-refractivity contribution in [1.29, 1.82) is 0 Å². The Kier molecular flexibility index (Phi) is 2.51. The molecule has 74 valence electrons. The van der Waals surface area contributed by atoms with E-state index in [-0.39, 0.29) is 5.91 Å². The predicted molar refractivity (Wildman–Crippen MR) is 50.5 cm³/mol. The molecule has 0 aliphatic carbocycles. The van der Waals surface area contributed by atoms with Gasteiger partial charge < -0.3 is 10.6 Å². The Morgan fingerprint density at radius 1 is 1.46 bits per heavy atom. The van der Waals surface area contributed by atoms with E-state index in [0.717, 1.165) is 26.1 Å². The van der Waals surface area contributed by atoms with Gasteiger partial charge in [0.1, 0.15) is 0 Å². The second-order valence-electron chi connectivity index (χ2n) is 3.85. The Hall–Kier alpha value is -0.610. The fraction of sp³-hybridized carbons (Fsp3) is 0.889. The summed E-state index contributed by atoms with van der Waals surface area (Å²) in [4.78, 5) is 13.5. The van der Waals surface area contributed by atoms with Crippen molar-refractivity contribution in [3.63, 3.8) is 0 Å². The Morgan fingerprint density at radius 2 is 2.31 bits per heavy atom. The van der Waals surface area contributed by atoms with Crippen LogP contribution in [-0.4, -0.2) is 49.1 Å². The van der Waals surface area contributed by atoms with Gasteiger partial charge in [0.25, 0.3) is 0 Å². The SMILES string of the molecule is CCC1CNCC2CNC(=O)CN12. The molecule has 0 aromatic heterocycles. The van der Waals surface area contributed by atoms with Crippen molar-refractivity contribution in [2.24, 2.45) is 0 Å². The van der Waals surface area contributed by atoms with E-state index in [0.29, 0.717) is 18.6 Å². The fourth-order valence-electron chi connectivity index (χ4n) is 2.23. The highest BCUT2D eigenvalue weighted by Crippen LogP contribution is 2.14. The van der Waals surface area contributed by atoms with Gasteiger partial charge in [-0.05, 0) is 6.42 Å². The van der Waals surface area contributed by atoms with Crippen molar-refractivity contribution >= 4 is 5.91 Å². The van der Waals surface area contributed by atoms with Gasteiger partial charge in [-0.1, -0.05) is 6.92 Å². The molecule has 13 heavy (non-hydrogen) atoms. The summed E-state index contributed by atoms with van der Waals surface area (Å²) in [5.74, 6) is 0.177. The third-order valence-electron chi connectivity index (χ3n) is 3.03. The highest BCUT2D eigenvalue weighted by atomic mass is 16.2. The first kappa shape index (κ1) is 8.97. The molecule has 0 aromatic carbocycles. The number of carbonyl (C=O) groups is 1. The summed E-state index contributed by atoms with van der Waals surface area (Å²) in [6.45, 7) is 5.62. The zero-order chi connectivity index (χ0) is 9.26. The summed E-state index contributed by atoms with van der Waals surface area (Å²) in [7, 11) is 0. The number of fused-ring (bicyclic) bond motifs is 1. The second-order valence-corrected chi connectivity index (χ2v) is 3.85. The van der Waals surface area contributed by atoms with Crippen molar-refractivity contribution in [3.05, 3.63) is 0 Å². The van der Waals surface area contributed by atoms with Crippen LogP contribution in [0.4, 0.5) is 0 Å². The third kappa shape index (κ3) is 1.69. The smallest absolute Gasteiger partial charge is 0.234 e. The molecule has 0 radical (unpaired) electrons. The highest BCUT2D eigenvalue weighted by Gasteiger charge is 2.33. The fourth-order valence-corrected chi connectivity index (χ4v) is 2.23. The molecule has 2 heterocycles. The van der Waals surface area contributed by atoms with Gasteiger partial charge in [-0.2, -0.15) is 0 Å². The molecule has 0 aromatic rings. The summed E-state index contributed by atoms with van der Waals surface area (Å²) in [5.41, 5.74) is 0. The van der Waals surface area contributed by atoms with E-state index in [9.17, 15) is 4.79 Å². The van der Waals surface area contributed by atoms with Crippen molar-refractivity contribution in [2.75, 3.05) is 26.2 Å². The predicted octanol–water partition coefficient (Wildman–Crippen LogP) is -0.831. The lowest BCUT2D eigenvalue weighted by Crippen LogP contribution is -2.65. The van der Waals surface area contributed by atoms with Crippen LogP contribution < -0.4 is 10.6 Å². The van der Waals surface area contributed by atoms with Crippen molar-refractivity contribution in [2.45, 2.75) is 25.4 Å². The monoisotopic (exact) mass is 183 g/mol. The molecular weight excluding hydrogens is 166 g/mol. The number of piperazine rings is 2. The number of hydrogen-bond donors (Lipinski definition) is 2. The van der Waals surface area contributed by atoms with E-state index in [4.69, 9.17) is 0 Å². The lowest BCUT2D eigenvalue weighted by Gasteiger charge is -2.44. The first-order valence-electron chi connectivity index (χ1n) is 5.04. The van der Waals surface area contributed by atoms with Gasteiger partial charge in [-0.3, -0.25) is 9.69 Å². The van der Waals surface area contributed by atoms with E-state index in [2.05, 4.69) is 22.5 Å². The van der Waals surface area contributed by atoms with Crippen LogP contribution in [0.25, 0.3) is 0 Å². The van der Waals surface area contributed by atoms with E-state index in [1.807, 2.05) is 0 Å². The summed E-state index contributed by atoms with van der Waals surface area (Å²) in [5, 5.41) is 6.31. The lowest BCUT2D eigenvalue weighted by atomic mass is 10.0.